The van der Waals surface area contributed by atoms with E-state index >= 15 is 0 Å². The molecule has 4 N–H and O–H groups in total. The largest absolute Gasteiger partial charge is 0.462 e. The van der Waals surface area contributed by atoms with E-state index < -0.39 is 0 Å². The lowest BCUT2D eigenvalue weighted by Gasteiger charge is -2.16. The number of hydrogen-bond acceptors (Lipinski definition) is 8. The number of nitrogens with zero attached hydrogens (tertiary/aromatic N) is 2. The molecule has 1 atom stereocenters. The number of nitrogen functional groups attached to an aromatic ring is 1. The molecule has 25 heavy (non-hydrogen) atoms. The summed E-state index contributed by atoms with van der Waals surface area (Å²) in [6, 6.07) is 6.98. The third-order valence-corrected chi connectivity index (χ3v) is 3.32. The molecular weight excluding hydrogens is 322 g/mol. The van der Waals surface area contributed by atoms with Crippen LogP contribution in [0.1, 0.15) is 24.2 Å². The van der Waals surface area contributed by atoms with E-state index in [4.69, 9.17) is 15.2 Å². The van der Waals surface area contributed by atoms with Gasteiger partial charge in [-0.1, -0.05) is 6.07 Å². The molecule has 2 aromatic rings. The molecule has 1 aromatic heterocycles. The van der Waals surface area contributed by atoms with E-state index in [1.165, 1.54) is 6.33 Å². The Balaban J connectivity index is 2.18. The number of aromatic nitrogens is 2. The molecular formula is C17H23N5O3. The molecule has 2 rings (SSSR count). The van der Waals surface area contributed by atoms with Crippen molar-refractivity contribution < 1.29 is 14.3 Å². The minimum Gasteiger partial charge on any atom is -0.462 e. The first-order chi connectivity index (χ1) is 12.0. The molecule has 8 nitrogen and oxygen atoms in total. The number of carbonyl (C=O) groups is 1. The Labute approximate surface area is 146 Å². The van der Waals surface area contributed by atoms with Crippen LogP contribution in [0.4, 0.5) is 23.0 Å². The predicted molar refractivity (Wildman–Crippen MR) is 97.1 cm³/mol. The first kappa shape index (κ1) is 18.5. The summed E-state index contributed by atoms with van der Waals surface area (Å²) >= 11 is 0. The minimum atomic E-state index is -0.377. The number of ether oxygens (including phenoxy) is 2. The number of esters is 1. The second kappa shape index (κ2) is 8.84. The van der Waals surface area contributed by atoms with E-state index in [2.05, 4.69) is 20.6 Å². The molecule has 0 amide bonds. The van der Waals surface area contributed by atoms with E-state index in [-0.39, 0.29) is 12.0 Å². The van der Waals surface area contributed by atoms with Crippen LogP contribution in [0.3, 0.4) is 0 Å². The van der Waals surface area contributed by atoms with Gasteiger partial charge in [0.05, 0.1) is 18.8 Å². The minimum absolute atomic E-state index is 0.0437. The zero-order valence-electron chi connectivity index (χ0n) is 14.6. The topological polar surface area (TPSA) is 111 Å². The van der Waals surface area contributed by atoms with Crippen LogP contribution in [0.25, 0.3) is 0 Å². The third-order valence-electron chi connectivity index (χ3n) is 3.32. The molecule has 1 aromatic carbocycles. The van der Waals surface area contributed by atoms with Crippen molar-refractivity contribution in [1.82, 2.24) is 9.97 Å². The highest BCUT2D eigenvalue weighted by molar-refractivity contribution is 5.91. The number of rotatable bonds is 8. The number of nitrogens with two attached hydrogens (primary N) is 1. The maximum absolute atomic E-state index is 11.8. The first-order valence-corrected chi connectivity index (χ1v) is 7.95. The van der Waals surface area contributed by atoms with E-state index in [9.17, 15) is 4.79 Å². The molecule has 0 saturated carbocycles. The summed E-state index contributed by atoms with van der Waals surface area (Å²) in [6.45, 7) is 4.57. The smallest absolute Gasteiger partial charge is 0.338 e. The average Bonchev–Trinajstić information content (AvgIpc) is 2.59. The number of methoxy groups -OCH3 is 1. The van der Waals surface area contributed by atoms with Gasteiger partial charge >= 0.3 is 5.97 Å². The quantitative estimate of drug-likeness (QED) is 0.626. The predicted octanol–water partition coefficient (Wildman–Crippen LogP) is 2.43. The maximum atomic E-state index is 11.8. The molecule has 0 spiro atoms. The van der Waals surface area contributed by atoms with Gasteiger partial charge in [0.2, 0.25) is 0 Å². The van der Waals surface area contributed by atoms with Crippen LogP contribution in [0.15, 0.2) is 30.6 Å². The van der Waals surface area contributed by atoms with Crippen LogP contribution < -0.4 is 16.4 Å². The van der Waals surface area contributed by atoms with E-state index in [1.807, 2.05) is 13.0 Å². The van der Waals surface area contributed by atoms with Gasteiger partial charge in [0, 0.05) is 18.8 Å². The SMILES string of the molecule is CCOC(=O)c1cccc(Nc2ncnc(NC(C)COC)c2N)c1. The average molecular weight is 345 g/mol. The Morgan fingerprint density at radius 3 is 2.80 bits per heavy atom. The molecule has 0 radical (unpaired) electrons. The van der Waals surface area contributed by atoms with Crippen LogP contribution in [0.2, 0.25) is 0 Å². The van der Waals surface area contributed by atoms with Crippen molar-refractivity contribution in [2.24, 2.45) is 0 Å². The molecule has 0 aliphatic carbocycles. The van der Waals surface area contributed by atoms with Crippen LogP contribution in [-0.2, 0) is 9.47 Å². The summed E-state index contributed by atoms with van der Waals surface area (Å²) in [7, 11) is 1.63. The van der Waals surface area contributed by atoms with Crippen LogP contribution in [0, 0.1) is 0 Å². The lowest BCUT2D eigenvalue weighted by Crippen LogP contribution is -2.22. The molecule has 0 fully saturated rings. The van der Waals surface area contributed by atoms with Gasteiger partial charge in [-0.05, 0) is 32.0 Å². The molecule has 1 heterocycles. The molecule has 0 saturated heterocycles. The van der Waals surface area contributed by atoms with Gasteiger partial charge in [0.15, 0.2) is 11.6 Å². The van der Waals surface area contributed by atoms with Crippen molar-refractivity contribution in [3.05, 3.63) is 36.2 Å². The number of carbonyl (C=O) groups excluding carboxylic acids is 1. The highest BCUT2D eigenvalue weighted by Gasteiger charge is 2.12. The van der Waals surface area contributed by atoms with Crippen molar-refractivity contribution in [1.29, 1.82) is 0 Å². The lowest BCUT2D eigenvalue weighted by atomic mass is 10.2. The molecule has 0 aliphatic rings. The summed E-state index contributed by atoms with van der Waals surface area (Å²) in [4.78, 5) is 20.2. The molecule has 0 aliphatic heterocycles. The van der Waals surface area contributed by atoms with Crippen molar-refractivity contribution >= 4 is 29.0 Å². The standard InChI is InChI=1S/C17H23N5O3/c1-4-25-17(23)12-6-5-7-13(8-12)22-16-14(18)15(19-10-20-16)21-11(2)9-24-3/h5-8,10-11H,4,9,18H2,1-3H3,(H2,19,20,21,22). The van der Waals surface area contributed by atoms with Gasteiger partial charge in [0.25, 0.3) is 0 Å². The molecule has 0 bridgehead atoms. The van der Waals surface area contributed by atoms with Gasteiger partial charge in [-0.3, -0.25) is 0 Å². The fourth-order valence-corrected chi connectivity index (χ4v) is 2.21. The zero-order chi connectivity index (χ0) is 18.2. The molecule has 8 heteroatoms. The molecule has 134 valence electrons. The van der Waals surface area contributed by atoms with Crippen LogP contribution in [0.5, 0.6) is 0 Å². The van der Waals surface area contributed by atoms with E-state index in [0.29, 0.717) is 41.8 Å². The van der Waals surface area contributed by atoms with E-state index in [1.54, 1.807) is 32.2 Å². The number of nitrogens with one attached hydrogen (secondary N) is 2. The number of anilines is 4. The number of benzene rings is 1. The second-order valence-electron chi connectivity index (χ2n) is 5.41. The highest BCUT2D eigenvalue weighted by Crippen LogP contribution is 2.26. The first-order valence-electron chi connectivity index (χ1n) is 7.95. The van der Waals surface area contributed by atoms with Gasteiger partial charge in [0.1, 0.15) is 12.0 Å². The summed E-state index contributed by atoms with van der Waals surface area (Å²) in [6.07, 6.45) is 1.41. The fraction of sp³-hybridized carbons (Fsp3) is 0.353. The van der Waals surface area contributed by atoms with Crippen molar-refractivity contribution in [2.45, 2.75) is 19.9 Å². The Morgan fingerprint density at radius 1 is 1.32 bits per heavy atom. The number of hydrogen-bond donors (Lipinski definition) is 3. The second-order valence-corrected chi connectivity index (χ2v) is 5.41. The summed E-state index contributed by atoms with van der Waals surface area (Å²) in [5.74, 6) is 0.587. The zero-order valence-corrected chi connectivity index (χ0v) is 14.6. The van der Waals surface area contributed by atoms with Gasteiger partial charge < -0.3 is 25.8 Å². The lowest BCUT2D eigenvalue weighted by molar-refractivity contribution is 0.0526. The Bertz CT molecular complexity index is 723. The third kappa shape index (κ3) is 5.05. The van der Waals surface area contributed by atoms with Crippen molar-refractivity contribution in [3.8, 4) is 0 Å². The van der Waals surface area contributed by atoms with Crippen LogP contribution in [-0.4, -0.2) is 42.3 Å². The summed E-state index contributed by atoms with van der Waals surface area (Å²) in [5, 5.41) is 6.27. The van der Waals surface area contributed by atoms with E-state index in [0.717, 1.165) is 0 Å². The molecule has 1 unspecified atom stereocenters. The van der Waals surface area contributed by atoms with Crippen molar-refractivity contribution in [2.75, 3.05) is 36.7 Å². The van der Waals surface area contributed by atoms with Gasteiger partial charge in [-0.25, -0.2) is 14.8 Å². The monoisotopic (exact) mass is 345 g/mol. The fourth-order valence-electron chi connectivity index (χ4n) is 2.21. The normalized spacial score (nSPS) is 11.6. The van der Waals surface area contributed by atoms with Gasteiger partial charge in [-0.15, -0.1) is 0 Å². The Hall–Kier alpha value is -2.87. The Kier molecular flexibility index (Phi) is 6.53. The maximum Gasteiger partial charge on any atom is 0.338 e. The summed E-state index contributed by atoms with van der Waals surface area (Å²) < 4.78 is 10.1. The highest BCUT2D eigenvalue weighted by atomic mass is 16.5. The van der Waals surface area contributed by atoms with Crippen LogP contribution >= 0.6 is 0 Å². The Morgan fingerprint density at radius 2 is 2.08 bits per heavy atom. The van der Waals surface area contributed by atoms with Gasteiger partial charge in [-0.2, -0.15) is 0 Å². The van der Waals surface area contributed by atoms with Crippen molar-refractivity contribution in [3.63, 3.8) is 0 Å². The summed E-state index contributed by atoms with van der Waals surface area (Å²) in [5.41, 5.74) is 7.64.